The number of nitrogens with zero attached hydrogens (tertiary/aromatic N) is 2. The summed E-state index contributed by atoms with van der Waals surface area (Å²) in [6, 6.07) is 0.0286. The highest BCUT2D eigenvalue weighted by atomic mass is 35.5. The monoisotopic (exact) mass is 256 g/mol. The van der Waals surface area contributed by atoms with Crippen molar-refractivity contribution in [3.63, 3.8) is 0 Å². The van der Waals surface area contributed by atoms with Crippen molar-refractivity contribution in [3.8, 4) is 0 Å². The average molecular weight is 257 g/mol. The maximum absolute atomic E-state index is 9.88. The Bertz CT molecular complexity index is 388. The summed E-state index contributed by atoms with van der Waals surface area (Å²) in [5, 5.41) is 16.4. The maximum Gasteiger partial charge on any atom is 0.224 e. The van der Waals surface area contributed by atoms with Crippen molar-refractivity contribution in [1.29, 1.82) is 0 Å². The molecule has 5 nitrogen and oxygen atoms in total. The Morgan fingerprint density at radius 3 is 2.88 bits per heavy atom. The highest BCUT2D eigenvalue weighted by molar-refractivity contribution is 6.32. The van der Waals surface area contributed by atoms with E-state index in [1.54, 1.807) is 13.2 Å². The first-order chi connectivity index (χ1) is 8.20. The molecule has 2 atom stereocenters. The minimum atomic E-state index is -0.326. The van der Waals surface area contributed by atoms with Crippen molar-refractivity contribution in [2.24, 2.45) is 0 Å². The van der Waals surface area contributed by atoms with Crippen LogP contribution in [0.4, 0.5) is 11.8 Å². The molecule has 1 aromatic rings. The molecule has 0 saturated heterocycles. The summed E-state index contributed by atoms with van der Waals surface area (Å²) in [5.74, 6) is 1.10. The molecule has 2 rings (SSSR count). The highest BCUT2D eigenvalue weighted by Crippen LogP contribution is 2.25. The van der Waals surface area contributed by atoms with Crippen LogP contribution in [-0.4, -0.2) is 34.3 Å². The standard InChI is InChI=1S/C11H17ClN4O/c1-13-11-14-6-7(12)10(16-11)15-8-4-2-3-5-9(8)17/h6,8-9,17H,2-5H2,1H3,(H2,13,14,15,16). The first-order valence-corrected chi connectivity index (χ1v) is 6.23. The topological polar surface area (TPSA) is 70.1 Å². The van der Waals surface area contributed by atoms with Gasteiger partial charge in [-0.3, -0.25) is 0 Å². The molecular weight excluding hydrogens is 240 g/mol. The summed E-state index contributed by atoms with van der Waals surface area (Å²) >= 11 is 6.02. The molecule has 0 radical (unpaired) electrons. The fraction of sp³-hybridized carbons (Fsp3) is 0.636. The van der Waals surface area contributed by atoms with Gasteiger partial charge in [0.1, 0.15) is 5.02 Å². The SMILES string of the molecule is CNc1ncc(Cl)c(NC2CCCCC2O)n1. The Morgan fingerprint density at radius 2 is 2.18 bits per heavy atom. The van der Waals surface area contributed by atoms with E-state index in [0.29, 0.717) is 16.8 Å². The number of halogens is 1. The van der Waals surface area contributed by atoms with E-state index in [2.05, 4.69) is 20.6 Å². The molecule has 1 aliphatic carbocycles. The molecule has 1 aromatic heterocycles. The second-order valence-corrected chi connectivity index (χ2v) is 4.65. The molecule has 94 valence electrons. The Labute approximate surface area is 106 Å². The first kappa shape index (κ1) is 12.4. The van der Waals surface area contributed by atoms with Gasteiger partial charge in [-0.05, 0) is 12.8 Å². The summed E-state index contributed by atoms with van der Waals surface area (Å²) in [6.45, 7) is 0. The van der Waals surface area contributed by atoms with Crippen LogP contribution in [0.3, 0.4) is 0 Å². The maximum atomic E-state index is 9.88. The highest BCUT2D eigenvalue weighted by Gasteiger charge is 2.23. The number of aliphatic hydroxyl groups excluding tert-OH is 1. The van der Waals surface area contributed by atoms with Gasteiger partial charge in [0.15, 0.2) is 5.82 Å². The molecule has 2 unspecified atom stereocenters. The van der Waals surface area contributed by atoms with Crippen molar-refractivity contribution >= 4 is 23.4 Å². The molecule has 0 bridgehead atoms. The van der Waals surface area contributed by atoms with Crippen molar-refractivity contribution in [1.82, 2.24) is 9.97 Å². The number of anilines is 2. The van der Waals surface area contributed by atoms with Gasteiger partial charge >= 0.3 is 0 Å². The molecule has 1 aliphatic rings. The third kappa shape index (κ3) is 2.98. The number of rotatable bonds is 3. The van der Waals surface area contributed by atoms with E-state index in [-0.39, 0.29) is 12.1 Å². The van der Waals surface area contributed by atoms with Gasteiger partial charge in [0, 0.05) is 7.05 Å². The Balaban J connectivity index is 2.11. The molecule has 0 amide bonds. The van der Waals surface area contributed by atoms with E-state index in [9.17, 15) is 5.11 Å². The molecule has 1 saturated carbocycles. The molecule has 0 aromatic carbocycles. The zero-order valence-electron chi connectivity index (χ0n) is 9.78. The smallest absolute Gasteiger partial charge is 0.224 e. The molecular formula is C11H17ClN4O. The van der Waals surface area contributed by atoms with Crippen LogP contribution in [0.5, 0.6) is 0 Å². The number of nitrogens with one attached hydrogen (secondary N) is 2. The van der Waals surface area contributed by atoms with E-state index in [0.717, 1.165) is 25.7 Å². The van der Waals surface area contributed by atoms with Crippen LogP contribution >= 0.6 is 11.6 Å². The van der Waals surface area contributed by atoms with E-state index in [1.165, 1.54) is 0 Å². The van der Waals surface area contributed by atoms with Crippen LogP contribution in [0.1, 0.15) is 25.7 Å². The summed E-state index contributed by atoms with van der Waals surface area (Å²) in [4.78, 5) is 8.26. The lowest BCUT2D eigenvalue weighted by molar-refractivity contribution is 0.116. The lowest BCUT2D eigenvalue weighted by Gasteiger charge is -2.29. The van der Waals surface area contributed by atoms with Gasteiger partial charge in [-0.15, -0.1) is 0 Å². The van der Waals surface area contributed by atoms with Crippen LogP contribution < -0.4 is 10.6 Å². The average Bonchev–Trinajstić information content (AvgIpc) is 2.35. The van der Waals surface area contributed by atoms with Crippen LogP contribution in [0.2, 0.25) is 5.02 Å². The number of hydrogen-bond donors (Lipinski definition) is 3. The number of aliphatic hydroxyl groups is 1. The Morgan fingerprint density at radius 1 is 1.41 bits per heavy atom. The fourth-order valence-corrected chi connectivity index (χ4v) is 2.19. The molecule has 1 fully saturated rings. The van der Waals surface area contributed by atoms with E-state index < -0.39 is 0 Å². The minimum absolute atomic E-state index is 0.0286. The molecule has 3 N–H and O–H groups in total. The van der Waals surface area contributed by atoms with Gasteiger partial charge in [0.2, 0.25) is 5.95 Å². The van der Waals surface area contributed by atoms with E-state index in [4.69, 9.17) is 11.6 Å². The lowest BCUT2D eigenvalue weighted by Crippen LogP contribution is -2.36. The van der Waals surface area contributed by atoms with Crippen LogP contribution in [0.15, 0.2) is 6.20 Å². The Kier molecular flexibility index (Phi) is 4.02. The fourth-order valence-electron chi connectivity index (χ4n) is 2.04. The summed E-state index contributed by atoms with van der Waals surface area (Å²) in [7, 11) is 1.75. The van der Waals surface area contributed by atoms with E-state index >= 15 is 0 Å². The van der Waals surface area contributed by atoms with Gasteiger partial charge in [-0.1, -0.05) is 24.4 Å². The zero-order chi connectivity index (χ0) is 12.3. The van der Waals surface area contributed by atoms with Crippen LogP contribution in [0, 0.1) is 0 Å². The second kappa shape index (κ2) is 5.51. The minimum Gasteiger partial charge on any atom is -0.391 e. The van der Waals surface area contributed by atoms with Crippen molar-refractivity contribution in [2.75, 3.05) is 17.7 Å². The molecule has 17 heavy (non-hydrogen) atoms. The van der Waals surface area contributed by atoms with Gasteiger partial charge < -0.3 is 15.7 Å². The summed E-state index contributed by atoms with van der Waals surface area (Å²) in [5.41, 5.74) is 0. The quantitative estimate of drug-likeness (QED) is 0.771. The Hall–Kier alpha value is -1.07. The number of hydrogen-bond acceptors (Lipinski definition) is 5. The third-order valence-corrected chi connectivity index (χ3v) is 3.30. The predicted molar refractivity (Wildman–Crippen MR) is 68.5 cm³/mol. The van der Waals surface area contributed by atoms with Crippen molar-refractivity contribution < 1.29 is 5.11 Å². The van der Waals surface area contributed by atoms with Crippen molar-refractivity contribution in [3.05, 3.63) is 11.2 Å². The van der Waals surface area contributed by atoms with Crippen LogP contribution in [-0.2, 0) is 0 Å². The molecule has 6 heteroatoms. The third-order valence-electron chi connectivity index (χ3n) is 3.02. The normalized spacial score (nSPS) is 24.4. The van der Waals surface area contributed by atoms with Gasteiger partial charge in [0.05, 0.1) is 18.3 Å². The van der Waals surface area contributed by atoms with Crippen LogP contribution in [0.25, 0.3) is 0 Å². The molecule has 0 aliphatic heterocycles. The van der Waals surface area contributed by atoms with Gasteiger partial charge in [-0.2, -0.15) is 4.98 Å². The second-order valence-electron chi connectivity index (χ2n) is 4.24. The lowest BCUT2D eigenvalue weighted by atomic mass is 9.93. The van der Waals surface area contributed by atoms with Crippen molar-refractivity contribution in [2.45, 2.75) is 37.8 Å². The molecule has 1 heterocycles. The summed E-state index contributed by atoms with van der Waals surface area (Å²) in [6.07, 6.45) is 5.20. The largest absolute Gasteiger partial charge is 0.391 e. The van der Waals surface area contributed by atoms with Gasteiger partial charge in [0.25, 0.3) is 0 Å². The van der Waals surface area contributed by atoms with E-state index in [1.807, 2.05) is 0 Å². The molecule has 0 spiro atoms. The summed E-state index contributed by atoms with van der Waals surface area (Å²) < 4.78 is 0. The number of aromatic nitrogens is 2. The zero-order valence-corrected chi connectivity index (χ0v) is 10.5. The first-order valence-electron chi connectivity index (χ1n) is 5.85. The predicted octanol–water partition coefficient (Wildman–Crippen LogP) is 1.89. The van der Waals surface area contributed by atoms with Gasteiger partial charge in [-0.25, -0.2) is 4.98 Å².